The quantitative estimate of drug-likeness (QED) is 0.272. The highest BCUT2D eigenvalue weighted by molar-refractivity contribution is 6.00. The summed E-state index contributed by atoms with van der Waals surface area (Å²) in [4.78, 5) is 25.5. The summed E-state index contributed by atoms with van der Waals surface area (Å²) in [5, 5.41) is 23.4. The zero-order chi connectivity index (χ0) is 24.5. The Labute approximate surface area is 202 Å². The minimum atomic E-state index is -0.341. The van der Waals surface area contributed by atoms with Gasteiger partial charge in [-0.15, -0.1) is 0 Å². The predicted molar refractivity (Wildman–Crippen MR) is 134 cm³/mol. The maximum atomic E-state index is 13.4. The third kappa shape index (κ3) is 6.68. The van der Waals surface area contributed by atoms with Crippen LogP contribution in [0.25, 0.3) is 0 Å². The monoisotopic (exact) mass is 461 g/mol. The van der Waals surface area contributed by atoms with Crippen molar-refractivity contribution >= 4 is 17.5 Å². The number of amides is 2. The van der Waals surface area contributed by atoms with E-state index in [-0.39, 0.29) is 24.3 Å². The first kappa shape index (κ1) is 25.5. The molecule has 2 aromatic rings. The summed E-state index contributed by atoms with van der Waals surface area (Å²) in [5.41, 5.74) is 4.10. The minimum Gasteiger partial charge on any atom is -0.396 e. The van der Waals surface area contributed by atoms with Crippen LogP contribution in [0.3, 0.4) is 0 Å². The summed E-state index contributed by atoms with van der Waals surface area (Å²) in [6, 6.07) is 15.2. The lowest BCUT2D eigenvalue weighted by Crippen LogP contribution is -2.30. The highest BCUT2D eigenvalue weighted by Gasteiger charge is 2.28. The molecule has 1 saturated carbocycles. The van der Waals surface area contributed by atoms with Crippen molar-refractivity contribution in [3.8, 4) is 6.07 Å². The van der Waals surface area contributed by atoms with Gasteiger partial charge >= 0.3 is 6.03 Å². The first-order chi connectivity index (χ1) is 16.4. The van der Waals surface area contributed by atoms with E-state index >= 15 is 0 Å². The number of benzene rings is 2. The van der Waals surface area contributed by atoms with Crippen LogP contribution >= 0.6 is 0 Å². The van der Waals surface area contributed by atoms with Crippen molar-refractivity contribution in [1.82, 2.24) is 5.32 Å². The van der Waals surface area contributed by atoms with Crippen molar-refractivity contribution < 1.29 is 14.7 Å². The molecule has 2 amide bonds. The van der Waals surface area contributed by atoms with E-state index in [1.807, 2.05) is 38.1 Å². The fourth-order valence-corrected chi connectivity index (χ4v) is 4.83. The molecule has 1 aliphatic carbocycles. The molecule has 0 spiro atoms. The molecule has 0 aromatic heterocycles. The lowest BCUT2D eigenvalue weighted by Gasteiger charge is -2.22. The number of aryl methyl sites for hydroxylation is 1. The van der Waals surface area contributed by atoms with Crippen LogP contribution in [0.4, 0.5) is 10.5 Å². The van der Waals surface area contributed by atoms with E-state index in [0.717, 1.165) is 37.7 Å². The highest BCUT2D eigenvalue weighted by Crippen LogP contribution is 2.38. The molecule has 0 aliphatic heterocycles. The molecule has 180 valence electrons. The Hall–Kier alpha value is -3.17. The van der Waals surface area contributed by atoms with Gasteiger partial charge in [0, 0.05) is 30.3 Å². The number of Topliss-reactive ketones (excluding diaryl/α,β-unsaturated/α-hetero) is 1. The molecule has 6 nitrogen and oxygen atoms in total. The molecule has 3 unspecified atom stereocenters. The molecule has 3 N–H and O–H groups in total. The summed E-state index contributed by atoms with van der Waals surface area (Å²) in [7, 11) is 0. The number of nitrogens with zero attached hydrogens (tertiary/aromatic N) is 1. The van der Waals surface area contributed by atoms with Crippen molar-refractivity contribution in [3.63, 3.8) is 0 Å². The number of anilines is 1. The molecule has 2 aromatic carbocycles. The van der Waals surface area contributed by atoms with Gasteiger partial charge < -0.3 is 15.7 Å². The fraction of sp³-hybridized carbons (Fsp3) is 0.464. The van der Waals surface area contributed by atoms with Crippen molar-refractivity contribution in [2.45, 2.75) is 58.3 Å². The highest BCUT2D eigenvalue weighted by atomic mass is 16.3. The van der Waals surface area contributed by atoms with Crippen LogP contribution in [0.15, 0.2) is 42.5 Å². The van der Waals surface area contributed by atoms with Crippen molar-refractivity contribution in [3.05, 3.63) is 64.7 Å². The average Bonchev–Trinajstić information content (AvgIpc) is 3.11. The Kier molecular flexibility index (Phi) is 9.24. The van der Waals surface area contributed by atoms with Gasteiger partial charge in [0.25, 0.3) is 0 Å². The second-order valence-electron chi connectivity index (χ2n) is 9.34. The normalized spacial score (nSPS) is 18.9. The van der Waals surface area contributed by atoms with Gasteiger partial charge in [-0.05, 0) is 80.2 Å². The van der Waals surface area contributed by atoms with Crippen molar-refractivity contribution in [2.75, 3.05) is 18.5 Å². The van der Waals surface area contributed by atoms with Crippen LogP contribution in [-0.2, 0) is 0 Å². The molecule has 6 heteroatoms. The summed E-state index contributed by atoms with van der Waals surface area (Å²) in [6.45, 7) is 4.35. The first-order valence-corrected chi connectivity index (χ1v) is 12.2. The topological polar surface area (TPSA) is 102 Å². The van der Waals surface area contributed by atoms with Gasteiger partial charge in [0.05, 0.1) is 11.6 Å². The van der Waals surface area contributed by atoms with Crippen molar-refractivity contribution in [2.24, 2.45) is 11.8 Å². The first-order valence-electron chi connectivity index (χ1n) is 12.2. The lowest BCUT2D eigenvalue weighted by molar-refractivity contribution is 0.0877. The standard InChI is InChI=1S/C28H35N3O3/c1-19-7-10-25(17-26(19)31-28(34)30-15-4-16-32)27(33)20(2)22-5-3-6-23(14-13-22)24-11-8-21(18-29)9-12-24/h7-12,17,20,22-23,32H,3-6,13-16H2,1-2H3,(H2,30,31,34). The molecule has 3 rings (SSSR count). The molecule has 34 heavy (non-hydrogen) atoms. The zero-order valence-electron chi connectivity index (χ0n) is 20.1. The lowest BCUT2D eigenvalue weighted by atomic mass is 9.82. The van der Waals surface area contributed by atoms with Gasteiger partial charge in [-0.1, -0.05) is 37.6 Å². The number of aliphatic hydroxyl groups is 1. The number of urea groups is 1. The van der Waals surface area contributed by atoms with Crippen LogP contribution in [0.1, 0.15) is 78.4 Å². The predicted octanol–water partition coefficient (Wildman–Crippen LogP) is 5.55. The summed E-state index contributed by atoms with van der Waals surface area (Å²) in [5.74, 6) is 0.828. The number of carbonyl (C=O) groups is 2. The Morgan fingerprint density at radius 2 is 1.88 bits per heavy atom. The molecule has 0 heterocycles. The number of aliphatic hydroxyl groups excluding tert-OH is 1. The number of nitriles is 1. The number of rotatable bonds is 8. The zero-order valence-corrected chi connectivity index (χ0v) is 20.1. The van der Waals surface area contributed by atoms with E-state index in [9.17, 15) is 9.59 Å². The van der Waals surface area contributed by atoms with E-state index < -0.39 is 0 Å². The fourth-order valence-electron chi connectivity index (χ4n) is 4.83. The third-order valence-electron chi connectivity index (χ3n) is 7.04. The Bertz CT molecular complexity index is 1030. The van der Waals surface area contributed by atoms with Crippen LogP contribution in [0, 0.1) is 30.1 Å². The molecule has 0 radical (unpaired) electrons. The minimum absolute atomic E-state index is 0.0244. The van der Waals surface area contributed by atoms with Crippen LogP contribution in [-0.4, -0.2) is 30.1 Å². The number of hydrogen-bond donors (Lipinski definition) is 3. The maximum Gasteiger partial charge on any atom is 0.319 e. The van der Waals surface area contributed by atoms with Gasteiger partial charge in [0.1, 0.15) is 0 Å². The van der Waals surface area contributed by atoms with E-state index in [1.165, 1.54) is 5.56 Å². The Balaban J connectivity index is 1.63. The van der Waals surface area contributed by atoms with Crippen LogP contribution in [0.5, 0.6) is 0 Å². The summed E-state index contributed by atoms with van der Waals surface area (Å²) >= 11 is 0. The molecule has 3 atom stereocenters. The number of carbonyl (C=O) groups excluding carboxylic acids is 2. The second-order valence-corrected chi connectivity index (χ2v) is 9.34. The van der Waals surface area contributed by atoms with Crippen LogP contribution in [0.2, 0.25) is 0 Å². The van der Waals surface area contributed by atoms with Gasteiger partial charge in [0.2, 0.25) is 0 Å². The van der Waals surface area contributed by atoms with Crippen LogP contribution < -0.4 is 10.6 Å². The Morgan fingerprint density at radius 3 is 2.59 bits per heavy atom. The van der Waals surface area contributed by atoms with Gasteiger partial charge in [-0.2, -0.15) is 5.26 Å². The second kappa shape index (κ2) is 12.3. The molecule has 1 aliphatic rings. The van der Waals surface area contributed by atoms with E-state index in [1.54, 1.807) is 6.07 Å². The molecular weight excluding hydrogens is 426 g/mol. The van der Waals surface area contributed by atoms with Gasteiger partial charge in [-0.25, -0.2) is 4.79 Å². The third-order valence-corrected chi connectivity index (χ3v) is 7.04. The SMILES string of the molecule is Cc1ccc(C(=O)C(C)C2CCCC(c3ccc(C#N)cc3)CC2)cc1NC(=O)NCCCO. The number of nitrogens with one attached hydrogen (secondary N) is 2. The number of hydrogen-bond acceptors (Lipinski definition) is 4. The number of ketones is 1. The maximum absolute atomic E-state index is 13.4. The molecule has 0 bridgehead atoms. The summed E-state index contributed by atoms with van der Waals surface area (Å²) < 4.78 is 0. The Morgan fingerprint density at radius 1 is 1.12 bits per heavy atom. The van der Waals surface area contributed by atoms with E-state index in [0.29, 0.717) is 41.6 Å². The van der Waals surface area contributed by atoms with E-state index in [4.69, 9.17) is 10.4 Å². The molecule has 0 saturated heterocycles. The molecule has 1 fully saturated rings. The smallest absolute Gasteiger partial charge is 0.319 e. The summed E-state index contributed by atoms with van der Waals surface area (Å²) in [6.07, 6.45) is 5.76. The van der Waals surface area contributed by atoms with Crippen molar-refractivity contribution in [1.29, 1.82) is 5.26 Å². The molecular formula is C28H35N3O3. The average molecular weight is 462 g/mol. The van der Waals surface area contributed by atoms with Gasteiger partial charge in [0.15, 0.2) is 5.78 Å². The van der Waals surface area contributed by atoms with Gasteiger partial charge in [-0.3, -0.25) is 4.79 Å². The largest absolute Gasteiger partial charge is 0.396 e. The van der Waals surface area contributed by atoms with E-state index in [2.05, 4.69) is 28.8 Å².